The third kappa shape index (κ3) is 2.34. The van der Waals surface area contributed by atoms with Crippen molar-refractivity contribution in [1.82, 2.24) is 0 Å². The van der Waals surface area contributed by atoms with Crippen molar-refractivity contribution in [2.24, 2.45) is 0 Å². The van der Waals surface area contributed by atoms with Gasteiger partial charge in [-0.15, -0.1) is 0 Å². The Morgan fingerprint density at radius 3 is 2.58 bits per heavy atom. The lowest BCUT2D eigenvalue weighted by Crippen LogP contribution is -1.99. The highest BCUT2D eigenvalue weighted by Crippen LogP contribution is 2.31. The van der Waals surface area contributed by atoms with E-state index < -0.39 is 16.6 Å². The summed E-state index contributed by atoms with van der Waals surface area (Å²) in [7, 11) is 0. The van der Waals surface area contributed by atoms with Gasteiger partial charge in [0.2, 0.25) is 0 Å². The lowest BCUT2D eigenvalue weighted by molar-refractivity contribution is -0.384. The number of nitro groups is 1. The zero-order valence-corrected chi connectivity index (χ0v) is 9.40. The van der Waals surface area contributed by atoms with Crippen LogP contribution in [0, 0.1) is 10.1 Å². The number of carboxylic acids is 1. The van der Waals surface area contributed by atoms with E-state index >= 15 is 0 Å². The van der Waals surface area contributed by atoms with Gasteiger partial charge in [0.1, 0.15) is 5.76 Å². The van der Waals surface area contributed by atoms with Crippen molar-refractivity contribution in [3.8, 4) is 11.3 Å². The summed E-state index contributed by atoms with van der Waals surface area (Å²) in [5, 5.41) is 19.7. The number of nitrogens with zero attached hydrogens (tertiary/aromatic N) is 1. The van der Waals surface area contributed by atoms with E-state index in [0.717, 1.165) is 6.07 Å². The topological polar surface area (TPSA) is 111 Å². The number of carboxylic acid groups (broad SMARTS) is 1. The molecule has 2 rings (SSSR count). The van der Waals surface area contributed by atoms with Gasteiger partial charge < -0.3 is 9.52 Å². The fraction of sp³-hybridized carbons (Fsp3) is 0. The van der Waals surface area contributed by atoms with E-state index in [1.807, 2.05) is 0 Å². The van der Waals surface area contributed by atoms with Crippen molar-refractivity contribution in [1.29, 1.82) is 0 Å². The van der Waals surface area contributed by atoms with Gasteiger partial charge in [-0.25, -0.2) is 4.79 Å². The van der Waals surface area contributed by atoms with Crippen molar-refractivity contribution in [3.05, 3.63) is 51.8 Å². The summed E-state index contributed by atoms with van der Waals surface area (Å²) < 4.78 is 5.09. The monoisotopic (exact) mass is 261 g/mol. The molecule has 0 spiro atoms. The molecule has 0 bridgehead atoms. The first-order valence-corrected chi connectivity index (χ1v) is 5.10. The lowest BCUT2D eigenvalue weighted by Gasteiger charge is -2.01. The first-order valence-electron chi connectivity index (χ1n) is 5.10. The molecule has 0 aliphatic heterocycles. The first-order chi connectivity index (χ1) is 9.02. The summed E-state index contributed by atoms with van der Waals surface area (Å²) >= 11 is 0. The van der Waals surface area contributed by atoms with E-state index in [9.17, 15) is 19.7 Å². The molecule has 0 fully saturated rings. The molecule has 0 saturated carbocycles. The van der Waals surface area contributed by atoms with Gasteiger partial charge >= 0.3 is 5.97 Å². The smallest absolute Gasteiger partial charge is 0.335 e. The van der Waals surface area contributed by atoms with E-state index in [1.54, 1.807) is 0 Å². The molecule has 0 unspecified atom stereocenters. The second-order valence-electron chi connectivity index (χ2n) is 3.61. The van der Waals surface area contributed by atoms with Gasteiger partial charge in [-0.3, -0.25) is 14.9 Å². The van der Waals surface area contributed by atoms with E-state index in [1.165, 1.54) is 24.3 Å². The van der Waals surface area contributed by atoms with Gasteiger partial charge in [-0.2, -0.15) is 0 Å². The number of carbonyl (C=O) groups is 2. The third-order valence-electron chi connectivity index (χ3n) is 2.45. The van der Waals surface area contributed by atoms with Gasteiger partial charge in [0.15, 0.2) is 12.0 Å². The first kappa shape index (κ1) is 12.5. The van der Waals surface area contributed by atoms with E-state index in [0.29, 0.717) is 6.29 Å². The van der Waals surface area contributed by atoms with Crippen molar-refractivity contribution >= 4 is 17.9 Å². The van der Waals surface area contributed by atoms with Gasteiger partial charge in [0.05, 0.1) is 16.1 Å². The Balaban J connectivity index is 2.59. The second kappa shape index (κ2) is 4.73. The molecule has 0 aliphatic rings. The standard InChI is InChI=1S/C12H7NO6/c14-6-8-2-4-11(19-8)9-3-1-7(12(15)16)5-10(9)13(17)18/h1-6H,(H,15,16). The molecule has 2 aromatic rings. The summed E-state index contributed by atoms with van der Waals surface area (Å²) in [6.45, 7) is 0. The number of hydrogen-bond acceptors (Lipinski definition) is 5. The normalized spacial score (nSPS) is 10.1. The summed E-state index contributed by atoms with van der Waals surface area (Å²) in [5.41, 5.74) is -0.479. The highest BCUT2D eigenvalue weighted by molar-refractivity contribution is 5.90. The Morgan fingerprint density at radius 1 is 1.32 bits per heavy atom. The summed E-state index contributed by atoms with van der Waals surface area (Å²) in [4.78, 5) is 31.5. The quantitative estimate of drug-likeness (QED) is 0.513. The Morgan fingerprint density at radius 2 is 2.05 bits per heavy atom. The van der Waals surface area contributed by atoms with Crippen molar-refractivity contribution < 1.29 is 24.0 Å². The van der Waals surface area contributed by atoms with Crippen LogP contribution in [0.25, 0.3) is 11.3 Å². The van der Waals surface area contributed by atoms with Crippen LogP contribution in [0.1, 0.15) is 20.9 Å². The fourth-order valence-corrected chi connectivity index (χ4v) is 1.59. The number of nitro benzene ring substituents is 1. The molecule has 0 aliphatic carbocycles. The summed E-state index contributed by atoms with van der Waals surface area (Å²) in [6.07, 6.45) is 0.473. The van der Waals surface area contributed by atoms with Gasteiger partial charge in [0, 0.05) is 6.07 Å². The molecule has 0 atom stereocenters. The van der Waals surface area contributed by atoms with Crippen LogP contribution in [-0.2, 0) is 0 Å². The molecule has 19 heavy (non-hydrogen) atoms. The Labute approximate surface area is 106 Å². The van der Waals surface area contributed by atoms with E-state index in [4.69, 9.17) is 9.52 Å². The molecular formula is C12H7NO6. The number of aromatic carboxylic acids is 1. The van der Waals surface area contributed by atoms with Crippen LogP contribution in [0.4, 0.5) is 5.69 Å². The number of carbonyl (C=O) groups excluding carboxylic acids is 1. The molecule has 0 saturated heterocycles. The molecular weight excluding hydrogens is 254 g/mol. The number of aldehydes is 1. The van der Waals surface area contributed by atoms with Crippen molar-refractivity contribution in [2.45, 2.75) is 0 Å². The van der Waals surface area contributed by atoms with Crippen LogP contribution in [0.15, 0.2) is 34.7 Å². The summed E-state index contributed by atoms with van der Waals surface area (Å²) in [5.74, 6) is -1.10. The molecule has 1 aromatic heterocycles. The SMILES string of the molecule is O=Cc1ccc(-c2ccc(C(=O)O)cc2[N+](=O)[O-])o1. The van der Waals surface area contributed by atoms with Crippen molar-refractivity contribution in [2.75, 3.05) is 0 Å². The minimum atomic E-state index is -1.26. The highest BCUT2D eigenvalue weighted by atomic mass is 16.6. The average molecular weight is 261 g/mol. The van der Waals surface area contributed by atoms with Crippen molar-refractivity contribution in [3.63, 3.8) is 0 Å². The third-order valence-corrected chi connectivity index (χ3v) is 2.45. The predicted molar refractivity (Wildman–Crippen MR) is 63.1 cm³/mol. The number of benzene rings is 1. The molecule has 0 radical (unpaired) electrons. The molecule has 1 aromatic carbocycles. The number of furan rings is 1. The Kier molecular flexibility index (Phi) is 3.11. The van der Waals surface area contributed by atoms with Crippen LogP contribution < -0.4 is 0 Å². The zero-order valence-electron chi connectivity index (χ0n) is 9.40. The zero-order chi connectivity index (χ0) is 14.0. The highest BCUT2D eigenvalue weighted by Gasteiger charge is 2.20. The minimum Gasteiger partial charge on any atom is -0.478 e. The lowest BCUT2D eigenvalue weighted by atomic mass is 10.1. The van der Waals surface area contributed by atoms with Crippen LogP contribution in [0.2, 0.25) is 0 Å². The predicted octanol–water partition coefficient (Wildman–Crippen LogP) is 2.37. The molecule has 0 amide bonds. The van der Waals surface area contributed by atoms with Crippen LogP contribution in [0.3, 0.4) is 0 Å². The largest absolute Gasteiger partial charge is 0.478 e. The molecule has 96 valence electrons. The Hall–Kier alpha value is -2.96. The average Bonchev–Trinajstić information content (AvgIpc) is 2.86. The number of hydrogen-bond donors (Lipinski definition) is 1. The second-order valence-corrected chi connectivity index (χ2v) is 3.61. The maximum atomic E-state index is 10.9. The molecule has 1 N–H and O–H groups in total. The number of rotatable bonds is 4. The van der Waals surface area contributed by atoms with Gasteiger partial charge in [-0.1, -0.05) is 0 Å². The van der Waals surface area contributed by atoms with E-state index in [-0.39, 0.29) is 22.6 Å². The van der Waals surface area contributed by atoms with Gasteiger partial charge in [-0.05, 0) is 24.3 Å². The van der Waals surface area contributed by atoms with Crippen LogP contribution in [0.5, 0.6) is 0 Å². The molecule has 1 heterocycles. The Bertz CT molecular complexity index is 673. The summed E-state index contributed by atoms with van der Waals surface area (Å²) in [6, 6.07) is 6.23. The van der Waals surface area contributed by atoms with Crippen LogP contribution in [-0.4, -0.2) is 22.3 Å². The fourth-order valence-electron chi connectivity index (χ4n) is 1.59. The molecule has 7 nitrogen and oxygen atoms in total. The minimum absolute atomic E-state index is 0.0339. The van der Waals surface area contributed by atoms with Gasteiger partial charge in [0.25, 0.3) is 5.69 Å². The maximum Gasteiger partial charge on any atom is 0.335 e. The van der Waals surface area contributed by atoms with Crippen LogP contribution >= 0.6 is 0 Å². The molecule has 7 heteroatoms. The van der Waals surface area contributed by atoms with E-state index in [2.05, 4.69) is 0 Å². The maximum absolute atomic E-state index is 10.9.